The van der Waals surface area contributed by atoms with E-state index < -0.39 is 29.7 Å². The third-order valence-corrected chi connectivity index (χ3v) is 5.87. The Labute approximate surface area is 197 Å². The summed E-state index contributed by atoms with van der Waals surface area (Å²) in [7, 11) is 0. The van der Waals surface area contributed by atoms with Crippen molar-refractivity contribution in [2.24, 2.45) is 0 Å². The van der Waals surface area contributed by atoms with Gasteiger partial charge in [0, 0.05) is 23.5 Å². The quantitative estimate of drug-likeness (QED) is 0.480. The first-order chi connectivity index (χ1) is 16.3. The highest BCUT2D eigenvalue weighted by atomic mass is 16.2. The predicted octanol–water partition coefficient (Wildman–Crippen LogP) is 3.13. The van der Waals surface area contributed by atoms with Gasteiger partial charge in [-0.15, -0.1) is 0 Å². The summed E-state index contributed by atoms with van der Waals surface area (Å²) in [5, 5.41) is 0.957. The molecule has 4 rings (SSSR count). The van der Waals surface area contributed by atoms with E-state index in [-0.39, 0.29) is 12.0 Å². The highest BCUT2D eigenvalue weighted by Crippen LogP contribution is 2.27. The maximum absolute atomic E-state index is 13.4. The Morgan fingerprint density at radius 2 is 1.59 bits per heavy atom. The Hall–Kier alpha value is -4.33. The van der Waals surface area contributed by atoms with Crippen molar-refractivity contribution in [3.8, 4) is 0 Å². The fraction of sp³-hybridized carbons (Fsp3) is 0.192. The van der Waals surface area contributed by atoms with Crippen molar-refractivity contribution < 1.29 is 19.2 Å². The van der Waals surface area contributed by atoms with E-state index in [2.05, 4.69) is 10.4 Å². The summed E-state index contributed by atoms with van der Waals surface area (Å²) in [5.41, 5.74) is 6.47. The van der Waals surface area contributed by atoms with E-state index in [9.17, 15) is 19.2 Å². The molecule has 1 N–H and O–H groups in total. The van der Waals surface area contributed by atoms with E-state index in [1.807, 2.05) is 26.8 Å². The average Bonchev–Trinajstić information content (AvgIpc) is 3.13. The number of carbonyl (C=O) groups excluding carboxylic acids is 4. The maximum Gasteiger partial charge on any atom is 0.273 e. The Kier molecular flexibility index (Phi) is 6.23. The number of hydrogen-bond donors (Lipinski definition) is 1. The average molecular weight is 457 g/mol. The molecule has 1 fully saturated rings. The van der Waals surface area contributed by atoms with Crippen molar-refractivity contribution >= 4 is 29.3 Å². The van der Waals surface area contributed by atoms with Gasteiger partial charge in [0.15, 0.2) is 0 Å². The monoisotopic (exact) mass is 456 g/mol. The van der Waals surface area contributed by atoms with Gasteiger partial charge >= 0.3 is 0 Å². The first kappa shape index (κ1) is 22.8. The molecule has 3 aromatic rings. The molecule has 4 amide bonds. The number of nitrogens with one attached hydrogen (secondary N) is 1. The van der Waals surface area contributed by atoms with E-state index in [0.717, 1.165) is 26.6 Å². The number of rotatable bonds is 4. The molecule has 0 spiro atoms. The smallest absolute Gasteiger partial charge is 0.273 e. The summed E-state index contributed by atoms with van der Waals surface area (Å²) >= 11 is 0. The minimum absolute atomic E-state index is 0.226. The molecule has 1 atom stereocenters. The second-order valence-corrected chi connectivity index (χ2v) is 8.27. The van der Waals surface area contributed by atoms with Crippen molar-refractivity contribution in [2.45, 2.75) is 33.2 Å². The number of hydrazine groups is 1. The Morgan fingerprint density at radius 1 is 0.912 bits per heavy atom. The topological polar surface area (TPSA) is 99.7 Å². The molecule has 2 heterocycles. The van der Waals surface area contributed by atoms with Crippen LogP contribution in [0, 0.1) is 20.8 Å². The molecule has 172 valence electrons. The lowest BCUT2D eigenvalue weighted by Gasteiger charge is -2.28. The molecule has 0 radical (unpaired) electrons. The normalized spacial score (nSPS) is 15.4. The lowest BCUT2D eigenvalue weighted by atomic mass is 10.1. The SMILES string of the molecule is Cc1ccc(C(=O)NN(C(=O)c2ccncc2)C2CC(=O)N(c3ccc(C)c(C)c3)C2=O)cc1. The first-order valence-corrected chi connectivity index (χ1v) is 10.8. The van der Waals surface area contributed by atoms with Gasteiger partial charge in [0.2, 0.25) is 5.91 Å². The standard InChI is InChI=1S/C26H24N4O4/c1-16-4-7-19(8-5-16)24(32)28-30(25(33)20-10-12-27-13-11-20)22-15-23(31)29(26(22)34)21-9-6-17(2)18(3)14-21/h4-14,22H,15H2,1-3H3,(H,28,32). The number of pyridine rings is 1. The summed E-state index contributed by atoms with van der Waals surface area (Å²) in [6.45, 7) is 5.72. The lowest BCUT2D eigenvalue weighted by Crippen LogP contribution is -2.54. The molecule has 8 nitrogen and oxygen atoms in total. The van der Waals surface area contributed by atoms with E-state index in [4.69, 9.17) is 0 Å². The molecule has 8 heteroatoms. The number of amides is 4. The molecule has 0 bridgehead atoms. The van der Waals surface area contributed by atoms with Gasteiger partial charge in [0.25, 0.3) is 17.7 Å². The van der Waals surface area contributed by atoms with Crippen molar-refractivity contribution in [1.29, 1.82) is 0 Å². The number of aromatic nitrogens is 1. The molecule has 34 heavy (non-hydrogen) atoms. The van der Waals surface area contributed by atoms with Gasteiger partial charge in [-0.1, -0.05) is 23.8 Å². The van der Waals surface area contributed by atoms with Crippen molar-refractivity contribution in [2.75, 3.05) is 4.90 Å². The summed E-state index contributed by atoms with van der Waals surface area (Å²) in [6, 6.07) is 13.9. The number of benzene rings is 2. The van der Waals surface area contributed by atoms with Gasteiger partial charge in [0.1, 0.15) is 6.04 Å². The van der Waals surface area contributed by atoms with Gasteiger partial charge in [-0.2, -0.15) is 0 Å². The fourth-order valence-corrected chi connectivity index (χ4v) is 3.74. The van der Waals surface area contributed by atoms with Gasteiger partial charge in [-0.05, 0) is 68.3 Å². The fourth-order valence-electron chi connectivity index (χ4n) is 3.74. The largest absolute Gasteiger partial charge is 0.274 e. The molecule has 1 saturated heterocycles. The minimum Gasteiger partial charge on any atom is -0.274 e. The van der Waals surface area contributed by atoms with Crippen LogP contribution < -0.4 is 10.3 Å². The van der Waals surface area contributed by atoms with Crippen LogP contribution in [0.2, 0.25) is 0 Å². The van der Waals surface area contributed by atoms with E-state index in [1.165, 1.54) is 24.5 Å². The van der Waals surface area contributed by atoms with Gasteiger partial charge in [0.05, 0.1) is 12.1 Å². The van der Waals surface area contributed by atoms with Crippen LogP contribution in [0.5, 0.6) is 0 Å². The van der Waals surface area contributed by atoms with Gasteiger partial charge < -0.3 is 0 Å². The van der Waals surface area contributed by atoms with E-state index in [0.29, 0.717) is 11.3 Å². The molecule has 2 aromatic carbocycles. The molecular weight excluding hydrogens is 432 g/mol. The van der Waals surface area contributed by atoms with Crippen molar-refractivity contribution in [3.05, 3.63) is 94.8 Å². The van der Waals surface area contributed by atoms with Crippen LogP contribution in [0.1, 0.15) is 43.8 Å². The maximum atomic E-state index is 13.4. The lowest BCUT2D eigenvalue weighted by molar-refractivity contribution is -0.122. The van der Waals surface area contributed by atoms with Crippen LogP contribution in [0.25, 0.3) is 0 Å². The summed E-state index contributed by atoms with van der Waals surface area (Å²) in [6.07, 6.45) is 2.63. The Bertz CT molecular complexity index is 1270. The number of nitrogens with zero attached hydrogens (tertiary/aromatic N) is 3. The number of aryl methyl sites for hydroxylation is 3. The van der Waals surface area contributed by atoms with Crippen molar-refractivity contribution in [1.82, 2.24) is 15.4 Å². The van der Waals surface area contributed by atoms with Gasteiger partial charge in [-0.25, -0.2) is 9.91 Å². The molecular formula is C26H24N4O4. The van der Waals surface area contributed by atoms with Crippen LogP contribution in [0.4, 0.5) is 5.69 Å². The highest BCUT2D eigenvalue weighted by molar-refractivity contribution is 6.23. The van der Waals surface area contributed by atoms with Crippen LogP contribution >= 0.6 is 0 Å². The van der Waals surface area contributed by atoms with E-state index in [1.54, 1.807) is 36.4 Å². The zero-order chi connectivity index (χ0) is 24.4. The molecule has 0 saturated carbocycles. The molecule has 0 aliphatic carbocycles. The Balaban J connectivity index is 1.68. The molecule has 1 aliphatic heterocycles. The summed E-state index contributed by atoms with van der Waals surface area (Å²) in [4.78, 5) is 57.6. The first-order valence-electron chi connectivity index (χ1n) is 10.8. The third-order valence-electron chi connectivity index (χ3n) is 5.87. The second kappa shape index (κ2) is 9.27. The zero-order valence-electron chi connectivity index (χ0n) is 19.1. The number of carbonyl (C=O) groups is 4. The molecule has 1 unspecified atom stereocenters. The zero-order valence-corrected chi connectivity index (χ0v) is 19.1. The van der Waals surface area contributed by atoms with Crippen LogP contribution in [0.3, 0.4) is 0 Å². The number of imide groups is 1. The Morgan fingerprint density at radius 3 is 2.24 bits per heavy atom. The van der Waals surface area contributed by atoms with Crippen LogP contribution in [0.15, 0.2) is 67.0 Å². The van der Waals surface area contributed by atoms with E-state index >= 15 is 0 Å². The van der Waals surface area contributed by atoms with Crippen LogP contribution in [-0.2, 0) is 9.59 Å². The van der Waals surface area contributed by atoms with Crippen molar-refractivity contribution in [3.63, 3.8) is 0 Å². The highest BCUT2D eigenvalue weighted by Gasteiger charge is 2.45. The molecule has 1 aliphatic rings. The summed E-state index contributed by atoms with van der Waals surface area (Å²) < 4.78 is 0. The number of anilines is 1. The van der Waals surface area contributed by atoms with Gasteiger partial charge in [-0.3, -0.25) is 29.6 Å². The van der Waals surface area contributed by atoms with Crippen LogP contribution in [-0.4, -0.2) is 39.7 Å². The molecule has 1 aromatic heterocycles. The number of hydrogen-bond acceptors (Lipinski definition) is 5. The minimum atomic E-state index is -1.19. The predicted molar refractivity (Wildman–Crippen MR) is 126 cm³/mol. The second-order valence-electron chi connectivity index (χ2n) is 8.27. The third kappa shape index (κ3) is 4.43. The summed E-state index contributed by atoms with van der Waals surface area (Å²) in [5.74, 6) is -2.21.